The highest BCUT2D eigenvalue weighted by Gasteiger charge is 2.14. The lowest BCUT2D eigenvalue weighted by Gasteiger charge is -2.30. The number of piperidine rings is 1. The average molecular weight is 190 g/mol. The van der Waals surface area contributed by atoms with Crippen molar-refractivity contribution in [2.45, 2.75) is 32.6 Å². The van der Waals surface area contributed by atoms with Crippen molar-refractivity contribution < 1.29 is 0 Å². The van der Waals surface area contributed by atoms with Crippen molar-refractivity contribution in [3.63, 3.8) is 0 Å². The molecule has 12 heavy (non-hydrogen) atoms. The summed E-state index contributed by atoms with van der Waals surface area (Å²) in [6, 6.07) is 0. The third-order valence-corrected chi connectivity index (χ3v) is 2.87. The van der Waals surface area contributed by atoms with Crippen LogP contribution in [0.15, 0.2) is 0 Å². The lowest BCUT2D eigenvalue weighted by molar-refractivity contribution is 0.182. The standard InChI is InChI=1S/C10H20ClN/c1-10-5-4-8-12(9-10)7-3-2-6-11/h10H,2-9H2,1H3. The van der Waals surface area contributed by atoms with Gasteiger partial charge in [0, 0.05) is 12.4 Å². The predicted octanol–water partition coefficient (Wildman–Crippen LogP) is 2.74. The number of halogens is 1. The van der Waals surface area contributed by atoms with Gasteiger partial charge in [-0.1, -0.05) is 6.92 Å². The Kier molecular flexibility index (Phi) is 5.01. The van der Waals surface area contributed by atoms with E-state index in [1.54, 1.807) is 0 Å². The van der Waals surface area contributed by atoms with Gasteiger partial charge in [-0.15, -0.1) is 11.6 Å². The Hall–Kier alpha value is 0.250. The van der Waals surface area contributed by atoms with Gasteiger partial charge in [0.15, 0.2) is 0 Å². The fraction of sp³-hybridized carbons (Fsp3) is 1.00. The molecule has 2 heteroatoms. The molecule has 0 amide bonds. The van der Waals surface area contributed by atoms with Gasteiger partial charge in [-0.05, 0) is 44.7 Å². The van der Waals surface area contributed by atoms with Gasteiger partial charge < -0.3 is 4.90 Å². The number of rotatable bonds is 4. The van der Waals surface area contributed by atoms with E-state index in [0.29, 0.717) is 0 Å². The van der Waals surface area contributed by atoms with Crippen LogP contribution < -0.4 is 0 Å². The summed E-state index contributed by atoms with van der Waals surface area (Å²) in [5.41, 5.74) is 0. The highest BCUT2D eigenvalue weighted by Crippen LogP contribution is 2.15. The molecule has 1 fully saturated rings. The third kappa shape index (κ3) is 3.77. The van der Waals surface area contributed by atoms with E-state index in [1.807, 2.05) is 0 Å². The zero-order valence-electron chi connectivity index (χ0n) is 8.06. The molecule has 1 nitrogen and oxygen atoms in total. The SMILES string of the molecule is CC1CCCN(CCCCCl)C1. The second-order valence-electron chi connectivity index (χ2n) is 3.94. The lowest BCUT2D eigenvalue weighted by Crippen LogP contribution is -2.34. The van der Waals surface area contributed by atoms with Gasteiger partial charge in [0.25, 0.3) is 0 Å². The van der Waals surface area contributed by atoms with Crippen molar-refractivity contribution in [3.05, 3.63) is 0 Å². The topological polar surface area (TPSA) is 3.24 Å². The number of nitrogens with zero attached hydrogens (tertiary/aromatic N) is 1. The summed E-state index contributed by atoms with van der Waals surface area (Å²) in [6.07, 6.45) is 5.26. The van der Waals surface area contributed by atoms with Crippen molar-refractivity contribution in [1.29, 1.82) is 0 Å². The molecule has 1 heterocycles. The molecule has 0 aromatic carbocycles. The summed E-state index contributed by atoms with van der Waals surface area (Å²) in [7, 11) is 0. The average Bonchev–Trinajstić information content (AvgIpc) is 2.05. The molecule has 1 rings (SSSR count). The zero-order chi connectivity index (χ0) is 8.81. The predicted molar refractivity (Wildman–Crippen MR) is 54.8 cm³/mol. The second kappa shape index (κ2) is 5.82. The minimum atomic E-state index is 0.823. The van der Waals surface area contributed by atoms with Crippen LogP contribution in [0, 0.1) is 5.92 Å². The van der Waals surface area contributed by atoms with E-state index in [1.165, 1.54) is 45.3 Å². The van der Waals surface area contributed by atoms with E-state index >= 15 is 0 Å². The molecule has 1 unspecified atom stereocenters. The van der Waals surface area contributed by atoms with Crippen LogP contribution in [0.2, 0.25) is 0 Å². The summed E-state index contributed by atoms with van der Waals surface area (Å²) in [6.45, 7) is 6.24. The molecule has 0 aliphatic carbocycles. The molecule has 1 aliphatic heterocycles. The van der Waals surface area contributed by atoms with Crippen LogP contribution in [-0.4, -0.2) is 30.4 Å². The van der Waals surface area contributed by atoms with Crippen LogP contribution in [0.4, 0.5) is 0 Å². The smallest absolute Gasteiger partial charge is 0.0223 e. The summed E-state index contributed by atoms with van der Waals surface area (Å²) >= 11 is 5.63. The fourth-order valence-electron chi connectivity index (χ4n) is 1.92. The summed E-state index contributed by atoms with van der Waals surface area (Å²) < 4.78 is 0. The Morgan fingerprint density at radius 3 is 2.92 bits per heavy atom. The van der Waals surface area contributed by atoms with Crippen molar-refractivity contribution in [1.82, 2.24) is 4.90 Å². The number of unbranched alkanes of at least 4 members (excludes halogenated alkanes) is 1. The first-order valence-electron chi connectivity index (χ1n) is 5.11. The molecule has 0 spiro atoms. The molecule has 0 aromatic rings. The number of hydrogen-bond donors (Lipinski definition) is 0. The normalized spacial score (nSPS) is 26.0. The van der Waals surface area contributed by atoms with Crippen molar-refractivity contribution in [2.75, 3.05) is 25.5 Å². The Bertz CT molecular complexity index is 116. The number of alkyl halides is 1. The van der Waals surface area contributed by atoms with Crippen molar-refractivity contribution in [3.8, 4) is 0 Å². The van der Waals surface area contributed by atoms with Gasteiger partial charge in [-0.2, -0.15) is 0 Å². The molecule has 0 aromatic heterocycles. The van der Waals surface area contributed by atoms with E-state index in [-0.39, 0.29) is 0 Å². The molecule has 0 radical (unpaired) electrons. The Balaban J connectivity index is 2.06. The van der Waals surface area contributed by atoms with Gasteiger partial charge in [-0.3, -0.25) is 0 Å². The molecular formula is C10H20ClN. The summed E-state index contributed by atoms with van der Waals surface area (Å²) in [5, 5.41) is 0. The Morgan fingerprint density at radius 2 is 2.25 bits per heavy atom. The van der Waals surface area contributed by atoms with Gasteiger partial charge in [0.05, 0.1) is 0 Å². The van der Waals surface area contributed by atoms with Crippen LogP contribution in [0.25, 0.3) is 0 Å². The van der Waals surface area contributed by atoms with Crippen LogP contribution in [0.3, 0.4) is 0 Å². The largest absolute Gasteiger partial charge is 0.303 e. The van der Waals surface area contributed by atoms with Crippen molar-refractivity contribution >= 4 is 11.6 Å². The van der Waals surface area contributed by atoms with Gasteiger partial charge in [0.1, 0.15) is 0 Å². The quantitative estimate of drug-likeness (QED) is 0.486. The van der Waals surface area contributed by atoms with E-state index < -0.39 is 0 Å². The first-order chi connectivity index (χ1) is 5.83. The lowest BCUT2D eigenvalue weighted by atomic mass is 10.0. The van der Waals surface area contributed by atoms with E-state index in [0.717, 1.165) is 11.8 Å². The van der Waals surface area contributed by atoms with E-state index in [2.05, 4.69) is 11.8 Å². The van der Waals surface area contributed by atoms with Crippen LogP contribution in [0.1, 0.15) is 32.6 Å². The fourth-order valence-corrected chi connectivity index (χ4v) is 2.11. The molecule has 1 saturated heterocycles. The van der Waals surface area contributed by atoms with Gasteiger partial charge in [0.2, 0.25) is 0 Å². The highest BCUT2D eigenvalue weighted by molar-refractivity contribution is 6.17. The molecule has 1 aliphatic rings. The molecular weight excluding hydrogens is 170 g/mol. The number of hydrogen-bond acceptors (Lipinski definition) is 1. The first kappa shape index (κ1) is 10.3. The first-order valence-corrected chi connectivity index (χ1v) is 5.64. The zero-order valence-corrected chi connectivity index (χ0v) is 8.82. The monoisotopic (exact) mass is 189 g/mol. The number of likely N-dealkylation sites (tertiary alicyclic amines) is 1. The van der Waals surface area contributed by atoms with Crippen LogP contribution in [0.5, 0.6) is 0 Å². The van der Waals surface area contributed by atoms with E-state index in [4.69, 9.17) is 11.6 Å². The molecule has 0 bridgehead atoms. The third-order valence-electron chi connectivity index (χ3n) is 2.60. The maximum Gasteiger partial charge on any atom is 0.0223 e. The maximum absolute atomic E-state index is 5.63. The summed E-state index contributed by atoms with van der Waals surface area (Å²) in [5.74, 6) is 1.73. The minimum absolute atomic E-state index is 0.823. The maximum atomic E-state index is 5.63. The second-order valence-corrected chi connectivity index (χ2v) is 4.32. The molecule has 0 saturated carbocycles. The summed E-state index contributed by atoms with van der Waals surface area (Å²) in [4.78, 5) is 2.58. The van der Waals surface area contributed by atoms with E-state index in [9.17, 15) is 0 Å². The Morgan fingerprint density at radius 1 is 1.42 bits per heavy atom. The molecule has 1 atom stereocenters. The van der Waals surface area contributed by atoms with Crippen LogP contribution >= 0.6 is 11.6 Å². The van der Waals surface area contributed by atoms with Crippen LogP contribution in [-0.2, 0) is 0 Å². The van der Waals surface area contributed by atoms with Crippen molar-refractivity contribution in [2.24, 2.45) is 5.92 Å². The molecule has 72 valence electrons. The van der Waals surface area contributed by atoms with Gasteiger partial charge in [-0.25, -0.2) is 0 Å². The molecule has 0 N–H and O–H groups in total. The Labute approximate surface area is 81.1 Å². The minimum Gasteiger partial charge on any atom is -0.303 e. The highest BCUT2D eigenvalue weighted by atomic mass is 35.5. The van der Waals surface area contributed by atoms with Gasteiger partial charge >= 0.3 is 0 Å².